The van der Waals surface area contributed by atoms with Crippen LogP contribution in [0.15, 0.2) is 65.1 Å². The van der Waals surface area contributed by atoms with Gasteiger partial charge in [0.1, 0.15) is 0 Å². The standard InChI is InChI=1S/C26H14BrF13N2O2/c27-16-10-13(22(29,25(35,36)37)24(33,34)26(38,39)40)9-15(23(30,31)32)20(16)42-21(44)14-7-4-8-17(19(14)28)41-11-18(43)12-5-2-1-3-6-12/h1-10,41H,11H2,(H,42,44). The predicted molar refractivity (Wildman–Crippen MR) is 133 cm³/mol. The monoisotopic (exact) mass is 712 g/mol. The lowest BCUT2D eigenvalue weighted by Crippen LogP contribution is -2.59. The third-order valence-corrected chi connectivity index (χ3v) is 6.62. The number of carbonyl (C=O) groups excluding carboxylic acids is 2. The summed E-state index contributed by atoms with van der Waals surface area (Å²) >= 11 is 2.25. The zero-order valence-corrected chi connectivity index (χ0v) is 22.7. The predicted octanol–water partition coefficient (Wildman–Crippen LogP) is 9.08. The number of amides is 1. The van der Waals surface area contributed by atoms with Crippen molar-refractivity contribution >= 4 is 39.0 Å². The van der Waals surface area contributed by atoms with Crippen molar-refractivity contribution < 1.29 is 66.7 Å². The van der Waals surface area contributed by atoms with E-state index < -0.39 is 98.8 Å². The minimum absolute atomic E-state index is 0.220. The van der Waals surface area contributed by atoms with Gasteiger partial charge in [-0.2, -0.15) is 48.3 Å². The molecule has 18 heteroatoms. The fourth-order valence-electron chi connectivity index (χ4n) is 3.80. The van der Waals surface area contributed by atoms with Crippen molar-refractivity contribution in [2.45, 2.75) is 30.1 Å². The van der Waals surface area contributed by atoms with Crippen LogP contribution in [0.1, 0.15) is 31.8 Å². The van der Waals surface area contributed by atoms with Crippen LogP contribution in [-0.4, -0.2) is 36.5 Å². The summed E-state index contributed by atoms with van der Waals surface area (Å²) in [5.41, 5.74) is -14.8. The average Bonchev–Trinajstić information content (AvgIpc) is 2.91. The van der Waals surface area contributed by atoms with E-state index in [2.05, 4.69) is 21.2 Å². The molecular weight excluding hydrogens is 699 g/mol. The Morgan fingerprint density at radius 3 is 1.86 bits per heavy atom. The van der Waals surface area contributed by atoms with E-state index in [9.17, 15) is 62.3 Å². The highest BCUT2D eigenvalue weighted by atomic mass is 79.9. The smallest absolute Gasteiger partial charge is 0.375 e. The molecule has 3 aromatic carbocycles. The molecule has 0 spiro atoms. The van der Waals surface area contributed by atoms with Crippen molar-refractivity contribution in [1.29, 1.82) is 0 Å². The van der Waals surface area contributed by atoms with Crippen LogP contribution in [0.4, 0.5) is 68.5 Å². The number of hydrogen-bond donors (Lipinski definition) is 2. The molecule has 1 amide bonds. The van der Waals surface area contributed by atoms with Crippen molar-refractivity contribution in [3.63, 3.8) is 0 Å². The number of carbonyl (C=O) groups is 2. The zero-order valence-electron chi connectivity index (χ0n) is 21.1. The maximum absolute atomic E-state index is 15.1. The molecule has 0 fully saturated rings. The van der Waals surface area contributed by atoms with Gasteiger partial charge >= 0.3 is 30.1 Å². The highest BCUT2D eigenvalue weighted by Gasteiger charge is 2.82. The second-order valence-corrected chi connectivity index (χ2v) is 9.73. The van der Waals surface area contributed by atoms with Crippen LogP contribution in [0.5, 0.6) is 0 Å². The number of halogens is 14. The first-order valence-corrected chi connectivity index (χ1v) is 12.4. The molecule has 0 aromatic heterocycles. The van der Waals surface area contributed by atoms with Crippen molar-refractivity contribution in [2.75, 3.05) is 17.2 Å². The Kier molecular flexibility index (Phi) is 9.40. The van der Waals surface area contributed by atoms with Gasteiger partial charge in [-0.15, -0.1) is 0 Å². The molecule has 4 nitrogen and oxygen atoms in total. The minimum Gasteiger partial charge on any atom is -0.375 e. The summed E-state index contributed by atoms with van der Waals surface area (Å²) in [6.07, 6.45) is -20.2. The molecule has 0 heterocycles. The van der Waals surface area contributed by atoms with Gasteiger partial charge in [0.15, 0.2) is 11.6 Å². The lowest BCUT2D eigenvalue weighted by molar-refractivity contribution is -0.389. The fraction of sp³-hybridized carbons (Fsp3) is 0.231. The quantitative estimate of drug-likeness (QED) is 0.181. The Hall–Kier alpha value is -3.83. The van der Waals surface area contributed by atoms with Crippen LogP contribution in [0.25, 0.3) is 0 Å². The molecular formula is C26H14BrF13N2O2. The largest absolute Gasteiger partial charge is 0.457 e. The van der Waals surface area contributed by atoms with Gasteiger partial charge in [-0.1, -0.05) is 36.4 Å². The fourth-order valence-corrected chi connectivity index (χ4v) is 4.36. The first-order chi connectivity index (χ1) is 20.0. The Bertz CT molecular complexity index is 1550. The summed E-state index contributed by atoms with van der Waals surface area (Å²) in [4.78, 5) is 25.0. The summed E-state index contributed by atoms with van der Waals surface area (Å²) in [6, 6.07) is 8.95. The molecule has 2 N–H and O–H groups in total. The minimum atomic E-state index is -7.27. The van der Waals surface area contributed by atoms with Crippen LogP contribution in [-0.2, 0) is 11.8 Å². The second-order valence-electron chi connectivity index (χ2n) is 8.87. The zero-order chi connectivity index (χ0) is 33.5. The van der Waals surface area contributed by atoms with Crippen molar-refractivity contribution in [3.8, 4) is 0 Å². The first kappa shape index (κ1) is 34.7. The SMILES string of the molecule is O=C(CNc1cccc(C(=O)Nc2c(Br)cc(C(F)(C(F)(F)F)C(F)(F)C(F)(F)F)cc2C(F)(F)F)c1F)c1ccccc1. The number of nitrogens with one attached hydrogen (secondary N) is 2. The maximum atomic E-state index is 15.1. The summed E-state index contributed by atoms with van der Waals surface area (Å²) in [7, 11) is 0. The van der Waals surface area contributed by atoms with Crippen LogP contribution in [0.2, 0.25) is 0 Å². The van der Waals surface area contributed by atoms with E-state index in [1.54, 1.807) is 6.07 Å². The Balaban J connectivity index is 2.04. The molecule has 0 radical (unpaired) electrons. The molecule has 0 aliphatic rings. The van der Waals surface area contributed by atoms with Gasteiger partial charge in [-0.05, 0) is 40.2 Å². The van der Waals surface area contributed by atoms with Gasteiger partial charge in [0.05, 0.1) is 29.0 Å². The molecule has 3 rings (SSSR count). The highest BCUT2D eigenvalue weighted by Crippen LogP contribution is 2.59. The van der Waals surface area contributed by atoms with E-state index in [4.69, 9.17) is 0 Å². The molecule has 0 bridgehead atoms. The Morgan fingerprint density at radius 1 is 0.750 bits per heavy atom. The van der Waals surface area contributed by atoms with Gasteiger partial charge in [0, 0.05) is 15.6 Å². The van der Waals surface area contributed by atoms with E-state index in [1.807, 2.05) is 0 Å². The molecule has 0 saturated carbocycles. The van der Waals surface area contributed by atoms with E-state index in [0.717, 1.165) is 18.2 Å². The van der Waals surface area contributed by atoms with Gasteiger partial charge in [-0.25, -0.2) is 8.78 Å². The van der Waals surface area contributed by atoms with Crippen molar-refractivity contribution in [3.05, 3.63) is 93.2 Å². The number of hydrogen-bond acceptors (Lipinski definition) is 3. The number of rotatable bonds is 8. The van der Waals surface area contributed by atoms with Gasteiger partial charge in [0.25, 0.3) is 5.91 Å². The Labute approximate surface area is 246 Å². The molecule has 0 aliphatic carbocycles. The van der Waals surface area contributed by atoms with E-state index in [-0.39, 0.29) is 5.56 Å². The second kappa shape index (κ2) is 11.9. The molecule has 1 unspecified atom stereocenters. The average molecular weight is 713 g/mol. The maximum Gasteiger partial charge on any atom is 0.457 e. The Morgan fingerprint density at radius 2 is 1.34 bits per heavy atom. The number of benzene rings is 3. The molecule has 0 aliphatic heterocycles. The lowest BCUT2D eigenvalue weighted by atomic mass is 9.86. The summed E-state index contributed by atoms with van der Waals surface area (Å²) in [5, 5.41) is 3.87. The number of ketones is 1. The summed E-state index contributed by atoms with van der Waals surface area (Å²) in [5.74, 6) is -10.9. The van der Waals surface area contributed by atoms with E-state index in [1.165, 1.54) is 29.6 Å². The summed E-state index contributed by atoms with van der Waals surface area (Å²) < 4.78 is 177. The van der Waals surface area contributed by atoms with Gasteiger partial charge < -0.3 is 10.6 Å². The number of Topliss-reactive ketones (excluding diaryl/α,β-unsaturated/α-hetero) is 1. The van der Waals surface area contributed by atoms with E-state index in [0.29, 0.717) is 0 Å². The molecule has 44 heavy (non-hydrogen) atoms. The van der Waals surface area contributed by atoms with Crippen LogP contribution >= 0.6 is 15.9 Å². The van der Waals surface area contributed by atoms with Gasteiger partial charge in [0.2, 0.25) is 0 Å². The highest BCUT2D eigenvalue weighted by molar-refractivity contribution is 9.10. The molecule has 0 saturated heterocycles. The van der Waals surface area contributed by atoms with Gasteiger partial charge in [-0.3, -0.25) is 9.59 Å². The third kappa shape index (κ3) is 6.49. The van der Waals surface area contributed by atoms with Crippen LogP contribution in [0, 0.1) is 5.82 Å². The number of alkyl halides is 12. The first-order valence-electron chi connectivity index (χ1n) is 11.6. The van der Waals surface area contributed by atoms with E-state index >= 15 is 4.39 Å². The molecule has 238 valence electrons. The topological polar surface area (TPSA) is 58.2 Å². The van der Waals surface area contributed by atoms with Crippen LogP contribution < -0.4 is 10.6 Å². The number of anilines is 2. The summed E-state index contributed by atoms with van der Waals surface area (Å²) in [6.45, 7) is -0.510. The lowest BCUT2D eigenvalue weighted by Gasteiger charge is -2.36. The third-order valence-electron chi connectivity index (χ3n) is 5.99. The molecule has 3 aromatic rings. The van der Waals surface area contributed by atoms with Crippen LogP contribution in [0.3, 0.4) is 0 Å². The van der Waals surface area contributed by atoms with Crippen molar-refractivity contribution in [1.82, 2.24) is 0 Å². The normalized spacial score (nSPS) is 14.1. The van der Waals surface area contributed by atoms with Crippen molar-refractivity contribution in [2.24, 2.45) is 0 Å². The molecule has 1 atom stereocenters.